The summed E-state index contributed by atoms with van der Waals surface area (Å²) in [6, 6.07) is 1.62. The second-order valence-electron chi connectivity index (χ2n) is 7.15. The molecule has 0 aliphatic rings. The number of aromatic nitrogens is 1. The Morgan fingerprint density at radius 3 is 2.15 bits per heavy atom. The smallest absolute Gasteiger partial charge is 0.271 e. The van der Waals surface area contributed by atoms with E-state index in [1.807, 2.05) is 0 Å². The maximum Gasteiger partial charge on any atom is 0.271 e. The first kappa shape index (κ1) is 25.8. The molecule has 0 bridgehead atoms. The number of benzene rings is 1. The van der Waals surface area contributed by atoms with Crippen molar-refractivity contribution in [3.05, 3.63) is 56.1 Å². The van der Waals surface area contributed by atoms with Gasteiger partial charge in [-0.2, -0.15) is 14.0 Å². The van der Waals surface area contributed by atoms with Gasteiger partial charge < -0.3 is 14.6 Å². The molecule has 1 aromatic heterocycles. The standard InChI is InChI=1S/C21H19F5N2O5/c1-9(2)32-6-4-5-28-20(30)11(7-27)10(3)13(21(28)31)12(29)8-33-19-17(25)15(23)14(22)16(24)18(19)26/h9,31H,4-6,8H2,1-3H3. The molecular formula is C21H19F5N2O5. The van der Waals surface area contributed by atoms with E-state index in [4.69, 9.17) is 4.74 Å². The minimum absolute atomic E-state index is 0.0979. The van der Waals surface area contributed by atoms with E-state index in [2.05, 4.69) is 4.74 Å². The summed E-state index contributed by atoms with van der Waals surface area (Å²) in [6.07, 6.45) is 0.132. The number of hydrogen-bond donors (Lipinski definition) is 1. The van der Waals surface area contributed by atoms with E-state index >= 15 is 0 Å². The van der Waals surface area contributed by atoms with E-state index in [0.717, 1.165) is 4.57 Å². The van der Waals surface area contributed by atoms with Crippen LogP contribution in [0.2, 0.25) is 0 Å². The van der Waals surface area contributed by atoms with Crippen molar-refractivity contribution in [2.24, 2.45) is 0 Å². The molecule has 0 atom stereocenters. The molecular weight excluding hydrogens is 455 g/mol. The van der Waals surface area contributed by atoms with Gasteiger partial charge in [-0.25, -0.2) is 13.2 Å². The van der Waals surface area contributed by atoms with Crippen molar-refractivity contribution in [1.82, 2.24) is 4.57 Å². The minimum Gasteiger partial charge on any atom is -0.494 e. The number of ketones is 1. The average Bonchev–Trinajstić information content (AvgIpc) is 2.75. The molecule has 0 aliphatic heterocycles. The predicted octanol–water partition coefficient (Wildman–Crippen LogP) is 3.51. The van der Waals surface area contributed by atoms with Crippen LogP contribution in [0.5, 0.6) is 11.6 Å². The van der Waals surface area contributed by atoms with Crippen molar-refractivity contribution in [2.45, 2.75) is 39.8 Å². The fourth-order valence-corrected chi connectivity index (χ4v) is 2.96. The topological polar surface area (TPSA) is 102 Å². The molecule has 0 saturated heterocycles. The number of rotatable bonds is 9. The van der Waals surface area contributed by atoms with Gasteiger partial charge in [0.1, 0.15) is 11.6 Å². The van der Waals surface area contributed by atoms with Crippen molar-refractivity contribution >= 4 is 5.78 Å². The molecule has 0 unspecified atom stereocenters. The van der Waals surface area contributed by atoms with Gasteiger partial charge in [0.25, 0.3) is 5.56 Å². The Labute approximate surface area is 184 Å². The Hall–Kier alpha value is -3.46. The third kappa shape index (κ3) is 5.14. The van der Waals surface area contributed by atoms with E-state index < -0.39 is 69.8 Å². The third-order valence-electron chi connectivity index (χ3n) is 4.57. The first-order chi connectivity index (χ1) is 15.4. The van der Waals surface area contributed by atoms with E-state index in [1.54, 1.807) is 19.9 Å². The number of ether oxygens (including phenoxy) is 2. The molecule has 0 fully saturated rings. The van der Waals surface area contributed by atoms with Crippen LogP contribution in [0.15, 0.2) is 4.79 Å². The summed E-state index contributed by atoms with van der Waals surface area (Å²) in [5.74, 6) is -15.2. The molecule has 1 aromatic carbocycles. The van der Waals surface area contributed by atoms with Crippen molar-refractivity contribution in [3.63, 3.8) is 0 Å². The van der Waals surface area contributed by atoms with Crippen LogP contribution in [0.25, 0.3) is 0 Å². The molecule has 0 aliphatic carbocycles. The van der Waals surface area contributed by atoms with Gasteiger partial charge in [-0.05, 0) is 32.8 Å². The van der Waals surface area contributed by atoms with Gasteiger partial charge >= 0.3 is 0 Å². The largest absolute Gasteiger partial charge is 0.494 e. The highest BCUT2D eigenvalue weighted by molar-refractivity contribution is 6.01. The fraction of sp³-hybridized carbons (Fsp3) is 0.381. The van der Waals surface area contributed by atoms with Gasteiger partial charge in [0.2, 0.25) is 40.7 Å². The highest BCUT2D eigenvalue weighted by atomic mass is 19.2. The molecule has 0 amide bonds. The number of nitrogens with zero attached hydrogens (tertiary/aromatic N) is 2. The van der Waals surface area contributed by atoms with Gasteiger partial charge in [-0.1, -0.05) is 0 Å². The Morgan fingerprint density at radius 1 is 1.09 bits per heavy atom. The molecule has 33 heavy (non-hydrogen) atoms. The monoisotopic (exact) mass is 474 g/mol. The van der Waals surface area contributed by atoms with Gasteiger partial charge in [0.15, 0.2) is 12.4 Å². The first-order valence-corrected chi connectivity index (χ1v) is 9.59. The van der Waals surface area contributed by atoms with Crippen LogP contribution in [0.4, 0.5) is 22.0 Å². The molecule has 0 spiro atoms. The molecule has 2 aromatic rings. The highest BCUT2D eigenvalue weighted by Gasteiger charge is 2.29. The quantitative estimate of drug-likeness (QED) is 0.196. The summed E-state index contributed by atoms with van der Waals surface area (Å²) in [4.78, 5) is 25.1. The fourth-order valence-electron chi connectivity index (χ4n) is 2.96. The molecule has 1 N–H and O–H groups in total. The van der Waals surface area contributed by atoms with Gasteiger partial charge in [0, 0.05) is 13.2 Å². The number of carbonyl (C=O) groups is 1. The Kier molecular flexibility index (Phi) is 8.16. The van der Waals surface area contributed by atoms with Crippen LogP contribution < -0.4 is 10.3 Å². The van der Waals surface area contributed by atoms with Crippen LogP contribution in [0, 0.1) is 47.3 Å². The second kappa shape index (κ2) is 10.4. The van der Waals surface area contributed by atoms with Gasteiger partial charge in [-0.15, -0.1) is 0 Å². The third-order valence-corrected chi connectivity index (χ3v) is 4.57. The lowest BCUT2D eigenvalue weighted by atomic mass is 10.0. The van der Waals surface area contributed by atoms with E-state index in [0.29, 0.717) is 0 Å². The Balaban J connectivity index is 2.40. The number of pyridine rings is 1. The molecule has 2 rings (SSSR count). The molecule has 7 nitrogen and oxygen atoms in total. The number of halogens is 5. The van der Waals surface area contributed by atoms with Crippen LogP contribution in [0.3, 0.4) is 0 Å². The SMILES string of the molecule is Cc1c(C(=O)COc2c(F)c(F)c(F)c(F)c2F)c(O)n(CCCOC(C)C)c(=O)c1C#N. The number of carbonyl (C=O) groups excluding carboxylic acids is 1. The maximum atomic E-state index is 13.8. The summed E-state index contributed by atoms with van der Waals surface area (Å²) < 4.78 is 78.0. The van der Waals surface area contributed by atoms with Crippen LogP contribution in [0.1, 0.15) is 41.8 Å². The zero-order chi connectivity index (χ0) is 25.0. The van der Waals surface area contributed by atoms with Gasteiger partial charge in [0.05, 0.1) is 11.7 Å². The minimum atomic E-state index is -2.40. The highest BCUT2D eigenvalue weighted by Crippen LogP contribution is 2.30. The van der Waals surface area contributed by atoms with Crippen LogP contribution in [-0.4, -0.2) is 34.8 Å². The summed E-state index contributed by atoms with van der Waals surface area (Å²) >= 11 is 0. The lowest BCUT2D eigenvalue weighted by molar-refractivity contribution is 0.0743. The lowest BCUT2D eigenvalue weighted by Crippen LogP contribution is -2.28. The molecule has 0 radical (unpaired) electrons. The van der Waals surface area contributed by atoms with E-state index in [-0.39, 0.29) is 31.2 Å². The Bertz CT molecular complexity index is 1160. The van der Waals surface area contributed by atoms with Gasteiger partial charge in [-0.3, -0.25) is 14.2 Å². The summed E-state index contributed by atoms with van der Waals surface area (Å²) in [5.41, 5.74) is -2.16. The van der Waals surface area contributed by atoms with Crippen LogP contribution in [-0.2, 0) is 11.3 Å². The number of Topliss-reactive ketones (excluding diaryl/α,β-unsaturated/α-hetero) is 1. The maximum absolute atomic E-state index is 13.8. The molecule has 178 valence electrons. The molecule has 0 saturated carbocycles. The second-order valence-corrected chi connectivity index (χ2v) is 7.15. The van der Waals surface area contributed by atoms with Crippen molar-refractivity contribution < 1.29 is 41.3 Å². The zero-order valence-electron chi connectivity index (χ0n) is 17.8. The van der Waals surface area contributed by atoms with Crippen molar-refractivity contribution in [3.8, 4) is 17.7 Å². The summed E-state index contributed by atoms with van der Waals surface area (Å²) in [7, 11) is 0. The molecule has 1 heterocycles. The number of nitriles is 1. The zero-order valence-corrected chi connectivity index (χ0v) is 17.8. The summed E-state index contributed by atoms with van der Waals surface area (Å²) in [5, 5.41) is 19.8. The van der Waals surface area contributed by atoms with Crippen molar-refractivity contribution in [1.29, 1.82) is 5.26 Å². The number of hydrogen-bond acceptors (Lipinski definition) is 6. The first-order valence-electron chi connectivity index (χ1n) is 9.59. The predicted molar refractivity (Wildman–Crippen MR) is 104 cm³/mol. The average molecular weight is 474 g/mol. The van der Waals surface area contributed by atoms with Crippen molar-refractivity contribution in [2.75, 3.05) is 13.2 Å². The van der Waals surface area contributed by atoms with E-state index in [9.17, 15) is 41.9 Å². The number of aromatic hydroxyl groups is 1. The normalized spacial score (nSPS) is 11.0. The van der Waals surface area contributed by atoms with Crippen LogP contribution >= 0.6 is 0 Å². The van der Waals surface area contributed by atoms with E-state index in [1.165, 1.54) is 6.92 Å². The Morgan fingerprint density at radius 2 is 1.64 bits per heavy atom. The molecule has 12 heteroatoms. The lowest BCUT2D eigenvalue weighted by Gasteiger charge is -2.16. The summed E-state index contributed by atoms with van der Waals surface area (Å²) in [6.45, 7) is 3.55.